The third-order valence-electron chi connectivity index (χ3n) is 6.49. The zero-order chi connectivity index (χ0) is 29.6. The van der Waals surface area contributed by atoms with Crippen molar-refractivity contribution in [2.75, 3.05) is 18.0 Å². The number of sulfonamides is 1. The van der Waals surface area contributed by atoms with Crippen LogP contribution in [0.3, 0.4) is 0 Å². The van der Waals surface area contributed by atoms with E-state index in [9.17, 15) is 35.9 Å². The van der Waals surface area contributed by atoms with Crippen LogP contribution in [0.25, 0.3) is 11.1 Å². The molecule has 0 spiro atoms. The summed E-state index contributed by atoms with van der Waals surface area (Å²) in [6.07, 6.45) is -5.96. The molecule has 0 bridgehead atoms. The molecule has 1 aliphatic rings. The molecule has 1 heterocycles. The molecule has 1 atom stereocenters. The van der Waals surface area contributed by atoms with Crippen molar-refractivity contribution in [1.29, 1.82) is 0 Å². The fraction of sp³-hybridized carbons (Fsp3) is 0.296. The Hall–Kier alpha value is -3.87. The van der Waals surface area contributed by atoms with Gasteiger partial charge >= 0.3 is 12.1 Å². The number of methoxy groups -OCH3 is 1. The Labute approximate surface area is 226 Å². The number of fused-ring (bicyclic) bond motifs is 1. The van der Waals surface area contributed by atoms with Gasteiger partial charge in [0.15, 0.2) is 11.6 Å². The number of carbonyl (C=O) groups is 1. The van der Waals surface area contributed by atoms with Gasteiger partial charge in [0, 0.05) is 18.1 Å². The number of carboxylic acid groups (broad SMARTS) is 1. The van der Waals surface area contributed by atoms with Gasteiger partial charge in [-0.25, -0.2) is 17.2 Å². The summed E-state index contributed by atoms with van der Waals surface area (Å²) in [7, 11) is -3.54. The van der Waals surface area contributed by atoms with Crippen LogP contribution < -0.4 is 13.8 Å². The van der Waals surface area contributed by atoms with Crippen LogP contribution in [0.5, 0.6) is 11.5 Å². The second-order valence-corrected chi connectivity index (χ2v) is 11.7. The molecule has 40 heavy (non-hydrogen) atoms. The first kappa shape index (κ1) is 29.1. The van der Waals surface area contributed by atoms with Gasteiger partial charge in [-0.3, -0.25) is 9.10 Å². The van der Waals surface area contributed by atoms with Crippen LogP contribution in [0, 0.1) is 17.0 Å². The number of aliphatic carboxylic acids is 1. The molecule has 0 aliphatic carbocycles. The molecular weight excluding hydrogens is 561 g/mol. The molecule has 0 unspecified atom stereocenters. The number of benzene rings is 3. The second kappa shape index (κ2) is 10.3. The fourth-order valence-electron chi connectivity index (χ4n) is 4.35. The maximum Gasteiger partial charge on any atom is 0.416 e. The highest BCUT2D eigenvalue weighted by atomic mass is 32.2. The van der Waals surface area contributed by atoms with Crippen LogP contribution >= 0.6 is 0 Å². The van der Waals surface area contributed by atoms with E-state index >= 15 is 4.39 Å². The van der Waals surface area contributed by atoms with E-state index in [1.807, 2.05) is 0 Å². The summed E-state index contributed by atoms with van der Waals surface area (Å²) in [6, 6.07) is 8.73. The van der Waals surface area contributed by atoms with Gasteiger partial charge in [0.25, 0.3) is 10.0 Å². The summed E-state index contributed by atoms with van der Waals surface area (Å²) in [5.41, 5.74) is -2.90. The van der Waals surface area contributed by atoms with E-state index in [1.165, 1.54) is 32.0 Å². The average Bonchev–Trinajstić information content (AvgIpc) is 2.88. The Morgan fingerprint density at radius 3 is 2.42 bits per heavy atom. The summed E-state index contributed by atoms with van der Waals surface area (Å²) in [5.74, 6) is -3.35. The van der Waals surface area contributed by atoms with Gasteiger partial charge in [-0.05, 0) is 55.8 Å². The van der Waals surface area contributed by atoms with Crippen molar-refractivity contribution < 1.29 is 49.7 Å². The Morgan fingerprint density at radius 1 is 1.10 bits per heavy atom. The monoisotopic (exact) mass is 585 g/mol. The molecule has 7 nitrogen and oxygen atoms in total. The van der Waals surface area contributed by atoms with Gasteiger partial charge in [-0.1, -0.05) is 12.1 Å². The number of carboxylic acids is 1. The molecule has 3 aromatic carbocycles. The molecule has 3 aromatic rings. The second-order valence-electron chi connectivity index (χ2n) is 9.85. The predicted octanol–water partition coefficient (Wildman–Crippen LogP) is 6.12. The lowest BCUT2D eigenvalue weighted by Crippen LogP contribution is -2.46. The van der Waals surface area contributed by atoms with Gasteiger partial charge in [-0.2, -0.15) is 13.2 Å². The standard InChI is InChI=1S/C27H24F5NO6S/c1-26(2,25(34)35)13-18-14-33(40(36,37)19-6-4-5-16(10-19)27(30,31)32)21-9-15(7-8-22(21)39-18)20-11-17(28)12-23(38-3)24(20)29/h4-12,18H,13-14H2,1-3H3,(H,34,35)/t18-/m0/s1. The molecule has 0 amide bonds. The van der Waals surface area contributed by atoms with Gasteiger partial charge in [0.05, 0.1) is 35.2 Å². The predicted molar refractivity (Wildman–Crippen MR) is 135 cm³/mol. The number of hydrogen-bond acceptors (Lipinski definition) is 5. The molecule has 13 heteroatoms. The van der Waals surface area contributed by atoms with Crippen LogP contribution in [-0.4, -0.2) is 39.3 Å². The van der Waals surface area contributed by atoms with Crippen LogP contribution in [0.4, 0.5) is 27.6 Å². The third-order valence-corrected chi connectivity index (χ3v) is 8.27. The Morgan fingerprint density at radius 2 is 1.80 bits per heavy atom. The molecule has 0 fully saturated rings. The molecule has 0 aromatic heterocycles. The Kier molecular flexibility index (Phi) is 7.48. The van der Waals surface area contributed by atoms with Crippen LogP contribution in [0.1, 0.15) is 25.8 Å². The zero-order valence-corrected chi connectivity index (χ0v) is 22.2. The molecule has 214 valence electrons. The molecule has 0 radical (unpaired) electrons. The maximum absolute atomic E-state index is 15.0. The number of ether oxygens (including phenoxy) is 2. The topological polar surface area (TPSA) is 93.1 Å². The average molecular weight is 586 g/mol. The maximum atomic E-state index is 15.0. The van der Waals surface area contributed by atoms with Gasteiger partial charge in [0.1, 0.15) is 17.7 Å². The minimum Gasteiger partial charge on any atom is -0.494 e. The van der Waals surface area contributed by atoms with Crippen molar-refractivity contribution in [3.63, 3.8) is 0 Å². The van der Waals surface area contributed by atoms with Crippen LogP contribution in [0.15, 0.2) is 59.5 Å². The normalized spacial score (nSPS) is 15.8. The number of rotatable bonds is 7. The van der Waals surface area contributed by atoms with Crippen molar-refractivity contribution >= 4 is 21.7 Å². The zero-order valence-electron chi connectivity index (χ0n) is 21.4. The first-order chi connectivity index (χ1) is 18.5. The van der Waals surface area contributed by atoms with Crippen molar-refractivity contribution in [3.8, 4) is 22.6 Å². The van der Waals surface area contributed by atoms with Gasteiger partial charge in [0.2, 0.25) is 0 Å². The highest BCUT2D eigenvalue weighted by Gasteiger charge is 2.40. The summed E-state index contributed by atoms with van der Waals surface area (Å²) < 4.78 is 108. The minimum atomic E-state index is -4.82. The first-order valence-corrected chi connectivity index (χ1v) is 13.3. The van der Waals surface area contributed by atoms with E-state index < -0.39 is 68.1 Å². The SMILES string of the molecule is COc1cc(F)cc(-c2ccc3c(c2)N(S(=O)(=O)c2cccc(C(F)(F)F)c2)C[C@H](CC(C)(C)C(=O)O)O3)c1F. The molecule has 0 saturated carbocycles. The van der Waals surface area contributed by atoms with Gasteiger partial charge in [-0.15, -0.1) is 0 Å². The Balaban J connectivity index is 1.88. The smallest absolute Gasteiger partial charge is 0.416 e. The third kappa shape index (κ3) is 5.55. The van der Waals surface area contributed by atoms with Crippen molar-refractivity contribution in [2.24, 2.45) is 5.41 Å². The summed E-state index contributed by atoms with van der Waals surface area (Å²) in [5, 5.41) is 9.56. The number of anilines is 1. The summed E-state index contributed by atoms with van der Waals surface area (Å²) in [6.45, 7) is 2.38. The van der Waals surface area contributed by atoms with Crippen molar-refractivity contribution in [2.45, 2.75) is 37.4 Å². The lowest BCUT2D eigenvalue weighted by molar-refractivity contribution is -0.148. The minimum absolute atomic E-state index is 0.0335. The van der Waals surface area contributed by atoms with Crippen molar-refractivity contribution in [3.05, 3.63) is 71.8 Å². The number of nitrogens with zero attached hydrogens (tertiary/aromatic N) is 1. The number of halogens is 5. The quantitative estimate of drug-likeness (QED) is 0.336. The molecule has 1 aliphatic heterocycles. The molecule has 0 saturated heterocycles. The first-order valence-electron chi connectivity index (χ1n) is 11.8. The van der Waals surface area contributed by atoms with Crippen molar-refractivity contribution in [1.82, 2.24) is 0 Å². The largest absolute Gasteiger partial charge is 0.494 e. The molecular formula is C27H24F5NO6S. The summed E-state index contributed by atoms with van der Waals surface area (Å²) in [4.78, 5) is 11.0. The van der Waals surface area contributed by atoms with E-state index in [0.717, 1.165) is 41.7 Å². The highest BCUT2D eigenvalue weighted by Crippen LogP contribution is 2.43. The molecule has 1 N–H and O–H groups in total. The van der Waals surface area contributed by atoms with Crippen LogP contribution in [-0.2, 0) is 21.0 Å². The van der Waals surface area contributed by atoms with E-state index in [4.69, 9.17) is 9.47 Å². The number of hydrogen-bond donors (Lipinski definition) is 1. The highest BCUT2D eigenvalue weighted by molar-refractivity contribution is 7.92. The molecule has 4 rings (SSSR count). The van der Waals surface area contributed by atoms with E-state index in [2.05, 4.69) is 0 Å². The summed E-state index contributed by atoms with van der Waals surface area (Å²) >= 11 is 0. The number of alkyl halides is 3. The van der Waals surface area contributed by atoms with E-state index in [-0.39, 0.29) is 29.0 Å². The van der Waals surface area contributed by atoms with E-state index in [1.54, 1.807) is 0 Å². The van der Waals surface area contributed by atoms with Crippen LogP contribution in [0.2, 0.25) is 0 Å². The van der Waals surface area contributed by atoms with E-state index in [0.29, 0.717) is 6.07 Å². The Bertz CT molecular complexity index is 1570. The lowest BCUT2D eigenvalue weighted by Gasteiger charge is -2.38. The lowest BCUT2D eigenvalue weighted by atomic mass is 9.86. The van der Waals surface area contributed by atoms with Gasteiger partial charge < -0.3 is 14.6 Å². The fourth-order valence-corrected chi connectivity index (χ4v) is 5.90.